The highest BCUT2D eigenvalue weighted by molar-refractivity contribution is 9.10. The summed E-state index contributed by atoms with van der Waals surface area (Å²) in [5.74, 6) is 0.673. The van der Waals surface area contributed by atoms with Gasteiger partial charge >= 0.3 is 0 Å². The summed E-state index contributed by atoms with van der Waals surface area (Å²) in [5.41, 5.74) is 0.581. The summed E-state index contributed by atoms with van der Waals surface area (Å²) in [6, 6.07) is 8.10. The summed E-state index contributed by atoms with van der Waals surface area (Å²) in [6.45, 7) is 5.14. The van der Waals surface area contributed by atoms with Crippen LogP contribution < -0.4 is 4.74 Å². The van der Waals surface area contributed by atoms with Crippen LogP contribution in [-0.2, 0) is 0 Å². The molecule has 1 aliphatic rings. The van der Waals surface area contributed by atoms with Gasteiger partial charge in [-0.3, -0.25) is 4.90 Å². The van der Waals surface area contributed by atoms with Crippen molar-refractivity contribution in [2.24, 2.45) is 0 Å². The molecule has 0 N–H and O–H groups in total. The maximum absolute atomic E-state index is 9.06. The molecule has 1 heterocycles. The fraction of sp³-hybridized carbons (Fsp3) is 0.500. The van der Waals surface area contributed by atoms with Gasteiger partial charge in [0, 0.05) is 10.5 Å². The number of benzene rings is 1. The summed E-state index contributed by atoms with van der Waals surface area (Å²) >= 11 is 3.36. The number of hydrogen-bond donors (Lipinski definition) is 0. The molecular weight excluding hydrogens is 292 g/mol. The molecule has 4 heteroatoms. The zero-order valence-corrected chi connectivity index (χ0v) is 12.1. The first-order valence-electron chi connectivity index (χ1n) is 6.27. The second-order valence-corrected chi connectivity index (χ2v) is 5.57. The van der Waals surface area contributed by atoms with Crippen LogP contribution >= 0.6 is 15.9 Å². The largest absolute Gasteiger partial charge is 0.491 e. The van der Waals surface area contributed by atoms with Gasteiger partial charge in [-0.1, -0.05) is 15.9 Å². The molecule has 0 saturated carbocycles. The topological polar surface area (TPSA) is 36.3 Å². The first kappa shape index (κ1) is 13.4. The van der Waals surface area contributed by atoms with Crippen LogP contribution in [0, 0.1) is 11.3 Å². The second kappa shape index (κ2) is 6.21. The molecule has 0 radical (unpaired) electrons. The maximum Gasteiger partial charge on any atom is 0.137 e. The van der Waals surface area contributed by atoms with E-state index in [-0.39, 0.29) is 0 Å². The van der Waals surface area contributed by atoms with E-state index in [1.165, 1.54) is 12.8 Å². The third-order valence-electron chi connectivity index (χ3n) is 3.31. The van der Waals surface area contributed by atoms with Gasteiger partial charge in [-0.2, -0.15) is 5.26 Å². The van der Waals surface area contributed by atoms with Gasteiger partial charge in [-0.15, -0.1) is 0 Å². The molecule has 1 fully saturated rings. The van der Waals surface area contributed by atoms with Crippen molar-refractivity contribution in [3.63, 3.8) is 0 Å². The van der Waals surface area contributed by atoms with E-state index >= 15 is 0 Å². The van der Waals surface area contributed by atoms with Crippen LogP contribution in [0.4, 0.5) is 0 Å². The lowest BCUT2D eigenvalue weighted by Gasteiger charge is -2.23. The molecule has 96 valence electrons. The number of rotatable bonds is 4. The molecule has 1 aromatic rings. The molecule has 0 amide bonds. The quantitative estimate of drug-likeness (QED) is 0.857. The summed E-state index contributed by atoms with van der Waals surface area (Å²) in [5, 5.41) is 9.06. The molecule has 0 spiro atoms. The van der Waals surface area contributed by atoms with Gasteiger partial charge in [0.25, 0.3) is 0 Å². The van der Waals surface area contributed by atoms with Crippen molar-refractivity contribution in [1.82, 2.24) is 4.90 Å². The zero-order valence-electron chi connectivity index (χ0n) is 10.5. The Hall–Kier alpha value is -1.05. The molecule has 1 atom stereocenters. The van der Waals surface area contributed by atoms with Crippen LogP contribution in [0.25, 0.3) is 0 Å². The normalized spacial score (nSPS) is 17.4. The minimum Gasteiger partial charge on any atom is -0.491 e. The molecule has 0 bridgehead atoms. The first-order valence-corrected chi connectivity index (χ1v) is 7.06. The van der Waals surface area contributed by atoms with Crippen molar-refractivity contribution in [1.29, 1.82) is 5.26 Å². The highest BCUT2D eigenvalue weighted by atomic mass is 79.9. The van der Waals surface area contributed by atoms with Gasteiger partial charge in [0.1, 0.15) is 18.4 Å². The highest BCUT2D eigenvalue weighted by Gasteiger charge is 2.18. The minimum atomic E-state index is 0.405. The van der Waals surface area contributed by atoms with E-state index in [1.807, 2.05) is 12.1 Å². The lowest BCUT2D eigenvalue weighted by Crippen LogP contribution is -2.34. The fourth-order valence-electron chi connectivity index (χ4n) is 2.21. The number of halogens is 1. The Labute approximate surface area is 116 Å². The highest BCUT2D eigenvalue weighted by Crippen LogP contribution is 2.23. The van der Waals surface area contributed by atoms with E-state index in [9.17, 15) is 0 Å². The van der Waals surface area contributed by atoms with Crippen molar-refractivity contribution in [3.8, 4) is 11.8 Å². The molecule has 0 aliphatic carbocycles. The maximum atomic E-state index is 9.06. The standard InChI is InChI=1S/C14H17BrN2O/c1-11(17-6-2-3-7-17)10-18-14-5-4-13(15)8-12(14)9-16/h4-5,8,11H,2-3,6-7,10H2,1H3. The monoisotopic (exact) mass is 308 g/mol. The third-order valence-corrected chi connectivity index (χ3v) is 3.80. The molecule has 1 saturated heterocycles. The molecule has 18 heavy (non-hydrogen) atoms. The lowest BCUT2D eigenvalue weighted by atomic mass is 10.2. The van der Waals surface area contributed by atoms with Crippen LogP contribution in [0.5, 0.6) is 5.75 Å². The molecule has 0 aromatic heterocycles. The minimum absolute atomic E-state index is 0.405. The Balaban J connectivity index is 1.95. The van der Waals surface area contributed by atoms with Crippen molar-refractivity contribution >= 4 is 15.9 Å². The van der Waals surface area contributed by atoms with E-state index in [4.69, 9.17) is 10.00 Å². The number of nitrogens with zero attached hydrogens (tertiary/aromatic N) is 2. The van der Waals surface area contributed by atoms with Gasteiger partial charge in [0.15, 0.2) is 0 Å². The average Bonchev–Trinajstić information content (AvgIpc) is 2.90. The third kappa shape index (κ3) is 3.24. The summed E-state index contributed by atoms with van der Waals surface area (Å²) < 4.78 is 6.67. The van der Waals surface area contributed by atoms with Crippen LogP contribution in [0.15, 0.2) is 22.7 Å². The van der Waals surface area contributed by atoms with Crippen molar-refractivity contribution < 1.29 is 4.74 Å². The Morgan fingerprint density at radius 2 is 2.17 bits per heavy atom. The Morgan fingerprint density at radius 1 is 1.44 bits per heavy atom. The van der Waals surface area contributed by atoms with Gasteiger partial charge in [0.2, 0.25) is 0 Å². The number of hydrogen-bond acceptors (Lipinski definition) is 3. The number of ether oxygens (including phenoxy) is 1. The van der Waals surface area contributed by atoms with E-state index in [0.717, 1.165) is 17.6 Å². The van der Waals surface area contributed by atoms with E-state index in [2.05, 4.69) is 33.8 Å². The van der Waals surface area contributed by atoms with Crippen LogP contribution in [-0.4, -0.2) is 30.6 Å². The molecular formula is C14H17BrN2O. The van der Waals surface area contributed by atoms with E-state index < -0.39 is 0 Å². The van der Waals surface area contributed by atoms with E-state index in [1.54, 1.807) is 6.07 Å². The predicted molar refractivity (Wildman–Crippen MR) is 74.6 cm³/mol. The van der Waals surface area contributed by atoms with Crippen LogP contribution in [0.2, 0.25) is 0 Å². The first-order chi connectivity index (χ1) is 8.70. The predicted octanol–water partition coefficient (Wildman–Crippen LogP) is 3.18. The van der Waals surface area contributed by atoms with Crippen molar-refractivity contribution in [3.05, 3.63) is 28.2 Å². The Kier molecular flexibility index (Phi) is 4.62. The molecule has 3 nitrogen and oxygen atoms in total. The molecule has 1 aliphatic heterocycles. The van der Waals surface area contributed by atoms with Crippen LogP contribution in [0.1, 0.15) is 25.3 Å². The van der Waals surface area contributed by atoms with Gasteiger partial charge in [-0.25, -0.2) is 0 Å². The number of likely N-dealkylation sites (tertiary alicyclic amines) is 1. The smallest absolute Gasteiger partial charge is 0.137 e. The van der Waals surface area contributed by atoms with Crippen molar-refractivity contribution in [2.75, 3.05) is 19.7 Å². The number of nitriles is 1. The second-order valence-electron chi connectivity index (χ2n) is 4.66. The summed E-state index contributed by atoms with van der Waals surface area (Å²) in [4.78, 5) is 2.44. The summed E-state index contributed by atoms with van der Waals surface area (Å²) in [7, 11) is 0. The SMILES string of the molecule is CC(COc1ccc(Br)cc1C#N)N1CCCC1. The molecule has 1 unspecified atom stereocenters. The average molecular weight is 309 g/mol. The fourth-order valence-corrected chi connectivity index (χ4v) is 2.57. The Bertz CT molecular complexity index is 450. The van der Waals surface area contributed by atoms with Crippen molar-refractivity contribution in [2.45, 2.75) is 25.8 Å². The summed E-state index contributed by atoms with van der Waals surface area (Å²) in [6.07, 6.45) is 2.57. The lowest BCUT2D eigenvalue weighted by molar-refractivity contribution is 0.172. The Morgan fingerprint density at radius 3 is 2.83 bits per heavy atom. The molecule has 2 rings (SSSR count). The van der Waals surface area contributed by atoms with E-state index in [0.29, 0.717) is 24.0 Å². The van der Waals surface area contributed by atoms with Gasteiger partial charge in [0.05, 0.1) is 5.56 Å². The van der Waals surface area contributed by atoms with Crippen LogP contribution in [0.3, 0.4) is 0 Å². The zero-order chi connectivity index (χ0) is 13.0. The molecule has 1 aromatic carbocycles. The van der Waals surface area contributed by atoms with Gasteiger partial charge < -0.3 is 4.74 Å². The van der Waals surface area contributed by atoms with Gasteiger partial charge in [-0.05, 0) is 51.1 Å².